The van der Waals surface area contributed by atoms with Crippen molar-refractivity contribution in [3.05, 3.63) is 103 Å². The Hall–Kier alpha value is -3.92. The van der Waals surface area contributed by atoms with E-state index in [0.717, 1.165) is 0 Å². The molecule has 2 aromatic carbocycles. The van der Waals surface area contributed by atoms with Gasteiger partial charge in [0.05, 0.1) is 25.5 Å². The standard InChI is InChI=1S/C25H21BrClN5O5/c1-36-24(34)18-8-6-15(11-20(18)26)14-32(22(25(35)37-2)13-17-5-3-4-10-29-17)23(33)19-9-7-16(27)12-21(19)30-31-28/h3-12,22H,13-14H2,1-2H3/t22-/m1/s1. The highest BCUT2D eigenvalue weighted by molar-refractivity contribution is 9.10. The number of hydrogen-bond acceptors (Lipinski definition) is 7. The van der Waals surface area contributed by atoms with Gasteiger partial charge in [-0.3, -0.25) is 9.78 Å². The van der Waals surface area contributed by atoms with E-state index in [1.54, 1.807) is 42.6 Å². The Bertz CT molecular complexity index is 1360. The molecule has 1 aromatic heterocycles. The molecule has 12 heteroatoms. The van der Waals surface area contributed by atoms with E-state index in [0.29, 0.717) is 21.3 Å². The summed E-state index contributed by atoms with van der Waals surface area (Å²) in [7, 11) is 2.50. The molecule has 0 N–H and O–H groups in total. The molecule has 1 amide bonds. The number of carbonyl (C=O) groups is 3. The van der Waals surface area contributed by atoms with Gasteiger partial charge in [-0.15, -0.1) is 0 Å². The first kappa shape index (κ1) is 27.7. The van der Waals surface area contributed by atoms with Crippen LogP contribution in [0.2, 0.25) is 5.02 Å². The van der Waals surface area contributed by atoms with Gasteiger partial charge in [-0.1, -0.05) is 28.8 Å². The maximum atomic E-state index is 13.9. The lowest BCUT2D eigenvalue weighted by Crippen LogP contribution is -2.46. The highest BCUT2D eigenvalue weighted by atomic mass is 79.9. The van der Waals surface area contributed by atoms with Crippen molar-refractivity contribution in [2.24, 2.45) is 5.11 Å². The van der Waals surface area contributed by atoms with Gasteiger partial charge in [0, 0.05) is 44.8 Å². The molecule has 190 valence electrons. The number of benzene rings is 2. The molecule has 0 bridgehead atoms. The molecule has 0 saturated carbocycles. The SMILES string of the molecule is COC(=O)c1ccc(CN(C(=O)c2ccc(Cl)cc2N=[N+]=[N-])[C@H](Cc2ccccn2)C(=O)OC)cc1Br. The quantitative estimate of drug-likeness (QED) is 0.138. The molecular weight excluding hydrogens is 566 g/mol. The number of rotatable bonds is 9. The largest absolute Gasteiger partial charge is 0.467 e. The van der Waals surface area contributed by atoms with Gasteiger partial charge in [0.2, 0.25) is 0 Å². The summed E-state index contributed by atoms with van der Waals surface area (Å²) in [5, 5.41) is 3.87. The van der Waals surface area contributed by atoms with Crippen LogP contribution >= 0.6 is 27.5 Å². The Morgan fingerprint density at radius 2 is 1.86 bits per heavy atom. The first-order valence-electron chi connectivity index (χ1n) is 10.8. The maximum Gasteiger partial charge on any atom is 0.339 e. The fourth-order valence-electron chi connectivity index (χ4n) is 3.60. The van der Waals surface area contributed by atoms with Crippen LogP contribution in [0, 0.1) is 0 Å². The number of nitrogens with zero attached hydrogens (tertiary/aromatic N) is 5. The van der Waals surface area contributed by atoms with Gasteiger partial charge in [0.25, 0.3) is 5.91 Å². The van der Waals surface area contributed by atoms with Crippen LogP contribution in [0.25, 0.3) is 10.4 Å². The minimum Gasteiger partial charge on any atom is -0.467 e. The highest BCUT2D eigenvalue weighted by Crippen LogP contribution is 2.28. The fourth-order valence-corrected chi connectivity index (χ4v) is 4.35. The number of methoxy groups -OCH3 is 2. The second-order valence-electron chi connectivity index (χ2n) is 7.65. The smallest absolute Gasteiger partial charge is 0.339 e. The highest BCUT2D eigenvalue weighted by Gasteiger charge is 2.33. The van der Waals surface area contributed by atoms with Gasteiger partial charge in [0.15, 0.2) is 0 Å². The minimum absolute atomic E-state index is 0.00803. The Kier molecular flexibility index (Phi) is 9.62. The van der Waals surface area contributed by atoms with Crippen molar-refractivity contribution in [2.45, 2.75) is 19.0 Å². The van der Waals surface area contributed by atoms with E-state index in [-0.39, 0.29) is 29.2 Å². The Morgan fingerprint density at radius 1 is 1.11 bits per heavy atom. The predicted octanol–water partition coefficient (Wildman–Crippen LogP) is 5.65. The van der Waals surface area contributed by atoms with Crippen molar-refractivity contribution in [1.29, 1.82) is 0 Å². The Morgan fingerprint density at radius 3 is 2.49 bits per heavy atom. The third-order valence-electron chi connectivity index (χ3n) is 5.37. The molecule has 3 rings (SSSR count). The molecule has 0 unspecified atom stereocenters. The monoisotopic (exact) mass is 585 g/mol. The van der Waals surface area contributed by atoms with Crippen molar-refractivity contribution in [3.8, 4) is 0 Å². The summed E-state index contributed by atoms with van der Waals surface area (Å²) < 4.78 is 10.3. The third-order valence-corrected chi connectivity index (χ3v) is 6.26. The molecular formula is C25H21BrClN5O5. The number of carbonyl (C=O) groups excluding carboxylic acids is 3. The summed E-state index contributed by atoms with van der Waals surface area (Å²) in [4.78, 5) is 47.2. The van der Waals surface area contributed by atoms with Crippen LogP contribution in [0.3, 0.4) is 0 Å². The van der Waals surface area contributed by atoms with Crippen molar-refractivity contribution in [2.75, 3.05) is 14.2 Å². The van der Waals surface area contributed by atoms with Crippen LogP contribution in [-0.2, 0) is 27.2 Å². The van der Waals surface area contributed by atoms with Crippen molar-refractivity contribution >= 4 is 51.1 Å². The molecule has 10 nitrogen and oxygen atoms in total. The molecule has 0 saturated heterocycles. The topological polar surface area (TPSA) is 135 Å². The number of halogens is 2. The summed E-state index contributed by atoms with van der Waals surface area (Å²) in [6.07, 6.45) is 1.64. The summed E-state index contributed by atoms with van der Waals surface area (Å²) in [6.45, 7) is -0.0518. The number of azide groups is 1. The molecule has 1 heterocycles. The van der Waals surface area contributed by atoms with Gasteiger partial charge in [-0.05, 0) is 69.5 Å². The molecule has 0 aliphatic rings. The first-order chi connectivity index (χ1) is 17.8. The van der Waals surface area contributed by atoms with Crippen molar-refractivity contribution in [1.82, 2.24) is 9.88 Å². The number of aromatic nitrogens is 1. The summed E-state index contributed by atoms with van der Waals surface area (Å²) >= 11 is 9.40. The first-order valence-corrected chi connectivity index (χ1v) is 12.0. The third kappa shape index (κ3) is 6.85. The number of amides is 1. The normalized spacial score (nSPS) is 11.1. The molecule has 0 radical (unpaired) electrons. The second kappa shape index (κ2) is 12.9. The lowest BCUT2D eigenvalue weighted by Gasteiger charge is -2.30. The summed E-state index contributed by atoms with van der Waals surface area (Å²) in [5.41, 5.74) is 10.5. The minimum atomic E-state index is -1.08. The maximum absolute atomic E-state index is 13.9. The van der Waals surface area contributed by atoms with E-state index >= 15 is 0 Å². The van der Waals surface area contributed by atoms with Crippen LogP contribution < -0.4 is 0 Å². The van der Waals surface area contributed by atoms with E-state index in [1.807, 2.05) is 0 Å². The van der Waals surface area contributed by atoms with Crippen LogP contribution in [0.15, 0.2) is 70.4 Å². The van der Waals surface area contributed by atoms with Crippen molar-refractivity contribution < 1.29 is 23.9 Å². The van der Waals surface area contributed by atoms with Crippen LogP contribution in [0.5, 0.6) is 0 Å². The lowest BCUT2D eigenvalue weighted by molar-refractivity contribution is -0.146. The van der Waals surface area contributed by atoms with E-state index in [2.05, 4.69) is 30.9 Å². The lowest BCUT2D eigenvalue weighted by atomic mass is 10.0. The zero-order chi connectivity index (χ0) is 26.9. The average molecular weight is 587 g/mol. The van der Waals surface area contributed by atoms with Crippen molar-refractivity contribution in [3.63, 3.8) is 0 Å². The molecule has 0 aliphatic carbocycles. The van der Waals surface area contributed by atoms with Crippen LogP contribution in [0.4, 0.5) is 5.69 Å². The summed E-state index contributed by atoms with van der Waals surface area (Å²) in [5.74, 6) is -1.80. The number of ether oxygens (including phenoxy) is 2. The van der Waals surface area contributed by atoms with Gasteiger partial charge in [0.1, 0.15) is 6.04 Å². The predicted molar refractivity (Wildman–Crippen MR) is 139 cm³/mol. The number of hydrogen-bond donors (Lipinski definition) is 0. The zero-order valence-electron chi connectivity index (χ0n) is 19.8. The molecule has 37 heavy (non-hydrogen) atoms. The van der Waals surface area contributed by atoms with Gasteiger partial charge in [-0.25, -0.2) is 9.59 Å². The van der Waals surface area contributed by atoms with Crippen LogP contribution in [0.1, 0.15) is 32.0 Å². The molecule has 0 aliphatic heterocycles. The van der Waals surface area contributed by atoms with Gasteiger partial charge >= 0.3 is 11.9 Å². The van der Waals surface area contributed by atoms with E-state index in [9.17, 15) is 14.4 Å². The zero-order valence-corrected chi connectivity index (χ0v) is 22.1. The molecule has 0 fully saturated rings. The Balaban J connectivity index is 2.11. The van der Waals surface area contributed by atoms with E-state index in [1.165, 1.54) is 37.3 Å². The Labute approximate surface area is 225 Å². The summed E-state index contributed by atoms with van der Waals surface area (Å²) in [6, 6.07) is 13.3. The number of pyridine rings is 1. The molecule has 0 spiro atoms. The van der Waals surface area contributed by atoms with Gasteiger partial charge < -0.3 is 14.4 Å². The number of esters is 2. The van der Waals surface area contributed by atoms with E-state index in [4.69, 9.17) is 26.6 Å². The fraction of sp³-hybridized carbons (Fsp3) is 0.200. The van der Waals surface area contributed by atoms with E-state index < -0.39 is 23.9 Å². The van der Waals surface area contributed by atoms with Crippen LogP contribution in [-0.4, -0.2) is 48.0 Å². The van der Waals surface area contributed by atoms with Gasteiger partial charge in [-0.2, -0.15) is 0 Å². The second-order valence-corrected chi connectivity index (χ2v) is 8.94. The average Bonchev–Trinajstić information content (AvgIpc) is 2.90. The molecule has 1 atom stereocenters. The molecule has 3 aromatic rings.